The molecule has 0 atom stereocenters. The Labute approximate surface area is 161 Å². The molecule has 0 unspecified atom stereocenters. The molecule has 0 fully saturated rings. The number of thioether (sulfide) groups is 1. The minimum Gasteiger partial charge on any atom is -0.494 e. The smallest absolute Gasteiger partial charge is 0.222 e. The summed E-state index contributed by atoms with van der Waals surface area (Å²) in [6.07, 6.45) is 2.09. The van der Waals surface area contributed by atoms with E-state index in [0.29, 0.717) is 18.8 Å². The summed E-state index contributed by atoms with van der Waals surface area (Å²) >= 11 is 3.21. The van der Waals surface area contributed by atoms with E-state index in [4.69, 9.17) is 4.74 Å². The van der Waals surface area contributed by atoms with E-state index in [1.807, 2.05) is 19.1 Å². The standard InChI is InChI=1S/C19H21N3O2S2/c1-4-24-14-7-5-13(6-8-14)15-11-26-19-17(15)18(20-12-21-19)25-10-9-16(23)22(2)3/h5-8,11-12H,4,9-10H2,1-3H3. The van der Waals surface area contributed by atoms with Gasteiger partial charge in [0.15, 0.2) is 0 Å². The molecule has 0 N–H and O–H groups in total. The first kappa shape index (κ1) is 18.7. The Kier molecular flexibility index (Phi) is 6.11. The maximum Gasteiger partial charge on any atom is 0.222 e. The van der Waals surface area contributed by atoms with Crippen molar-refractivity contribution in [2.75, 3.05) is 26.5 Å². The molecule has 26 heavy (non-hydrogen) atoms. The molecule has 3 rings (SSSR count). The predicted molar refractivity (Wildman–Crippen MR) is 108 cm³/mol. The molecule has 0 saturated heterocycles. The molecule has 7 heteroatoms. The van der Waals surface area contributed by atoms with Crippen LogP contribution in [-0.4, -0.2) is 47.2 Å². The number of carbonyl (C=O) groups excluding carboxylic acids is 1. The average Bonchev–Trinajstić information content (AvgIpc) is 3.07. The van der Waals surface area contributed by atoms with Gasteiger partial charge in [-0.15, -0.1) is 23.1 Å². The van der Waals surface area contributed by atoms with Gasteiger partial charge in [-0.05, 0) is 24.6 Å². The number of fused-ring (bicyclic) bond motifs is 1. The van der Waals surface area contributed by atoms with Crippen LogP contribution in [0, 0.1) is 0 Å². The van der Waals surface area contributed by atoms with Crippen LogP contribution in [0.1, 0.15) is 13.3 Å². The quantitative estimate of drug-likeness (QED) is 0.446. The van der Waals surface area contributed by atoms with Gasteiger partial charge in [-0.3, -0.25) is 4.79 Å². The Morgan fingerprint density at radius 3 is 2.69 bits per heavy atom. The number of nitrogens with zero attached hydrogens (tertiary/aromatic N) is 3. The van der Waals surface area contributed by atoms with Crippen molar-refractivity contribution in [3.05, 3.63) is 36.0 Å². The van der Waals surface area contributed by atoms with Crippen molar-refractivity contribution in [1.29, 1.82) is 0 Å². The molecule has 3 aromatic rings. The zero-order valence-corrected chi connectivity index (χ0v) is 16.7. The molecule has 1 aromatic carbocycles. The molecule has 1 amide bonds. The lowest BCUT2D eigenvalue weighted by Gasteiger charge is -2.10. The lowest BCUT2D eigenvalue weighted by Crippen LogP contribution is -2.21. The number of amides is 1. The molecule has 0 saturated carbocycles. The van der Waals surface area contributed by atoms with Crippen molar-refractivity contribution < 1.29 is 9.53 Å². The molecule has 0 aliphatic rings. The van der Waals surface area contributed by atoms with E-state index < -0.39 is 0 Å². The lowest BCUT2D eigenvalue weighted by molar-refractivity contribution is -0.128. The van der Waals surface area contributed by atoms with Crippen molar-refractivity contribution >= 4 is 39.2 Å². The summed E-state index contributed by atoms with van der Waals surface area (Å²) in [6.45, 7) is 2.63. The highest BCUT2D eigenvalue weighted by molar-refractivity contribution is 7.99. The average molecular weight is 388 g/mol. The van der Waals surface area contributed by atoms with E-state index in [0.717, 1.165) is 32.1 Å². The van der Waals surface area contributed by atoms with Gasteiger partial charge in [0.1, 0.15) is 21.9 Å². The van der Waals surface area contributed by atoms with Gasteiger partial charge in [0.25, 0.3) is 0 Å². The monoisotopic (exact) mass is 387 g/mol. The zero-order valence-electron chi connectivity index (χ0n) is 15.1. The van der Waals surface area contributed by atoms with Crippen LogP contribution in [0.4, 0.5) is 0 Å². The second-order valence-electron chi connectivity index (χ2n) is 5.85. The largest absolute Gasteiger partial charge is 0.494 e. The van der Waals surface area contributed by atoms with Crippen LogP contribution in [0.25, 0.3) is 21.3 Å². The number of thiophene rings is 1. The Bertz CT molecular complexity index is 891. The van der Waals surface area contributed by atoms with Crippen molar-refractivity contribution in [3.8, 4) is 16.9 Å². The van der Waals surface area contributed by atoms with E-state index in [9.17, 15) is 4.79 Å². The Balaban J connectivity index is 1.86. The van der Waals surface area contributed by atoms with Gasteiger partial charge in [-0.2, -0.15) is 0 Å². The fraction of sp³-hybridized carbons (Fsp3) is 0.316. The minimum absolute atomic E-state index is 0.125. The SMILES string of the molecule is CCOc1ccc(-c2csc3ncnc(SCCC(=O)N(C)C)c23)cc1. The van der Waals surface area contributed by atoms with Crippen molar-refractivity contribution in [2.45, 2.75) is 18.4 Å². The van der Waals surface area contributed by atoms with Crippen LogP contribution in [0.2, 0.25) is 0 Å². The highest BCUT2D eigenvalue weighted by Gasteiger charge is 2.14. The summed E-state index contributed by atoms with van der Waals surface area (Å²) in [5.74, 6) is 1.69. The summed E-state index contributed by atoms with van der Waals surface area (Å²) in [7, 11) is 3.55. The summed E-state index contributed by atoms with van der Waals surface area (Å²) in [5, 5.41) is 4.10. The number of benzene rings is 1. The number of hydrogen-bond acceptors (Lipinski definition) is 6. The number of rotatable bonds is 7. The molecule has 136 valence electrons. The highest BCUT2D eigenvalue weighted by Crippen LogP contribution is 2.38. The molecule has 5 nitrogen and oxygen atoms in total. The second kappa shape index (κ2) is 8.51. The predicted octanol–water partition coefficient (Wildman–Crippen LogP) is 4.33. The number of carbonyl (C=O) groups is 1. The van der Waals surface area contributed by atoms with E-state index >= 15 is 0 Å². The summed E-state index contributed by atoms with van der Waals surface area (Å²) in [4.78, 5) is 23.2. The molecule has 0 aliphatic heterocycles. The maximum absolute atomic E-state index is 11.8. The first-order valence-corrected chi connectivity index (χ1v) is 10.2. The van der Waals surface area contributed by atoms with Crippen LogP contribution in [0.3, 0.4) is 0 Å². The molecule has 2 aromatic heterocycles. The second-order valence-corrected chi connectivity index (χ2v) is 7.79. The molecular weight excluding hydrogens is 366 g/mol. The van der Waals surface area contributed by atoms with E-state index in [1.54, 1.807) is 48.4 Å². The van der Waals surface area contributed by atoms with Crippen molar-refractivity contribution in [1.82, 2.24) is 14.9 Å². The Hall–Kier alpha value is -2.12. The van der Waals surface area contributed by atoms with Crippen LogP contribution < -0.4 is 4.74 Å². The minimum atomic E-state index is 0.125. The maximum atomic E-state index is 11.8. The summed E-state index contributed by atoms with van der Waals surface area (Å²) in [6, 6.07) is 8.08. The van der Waals surface area contributed by atoms with Crippen molar-refractivity contribution in [3.63, 3.8) is 0 Å². The topological polar surface area (TPSA) is 55.3 Å². The van der Waals surface area contributed by atoms with Gasteiger partial charge in [0.05, 0.1) is 12.0 Å². The first-order valence-electron chi connectivity index (χ1n) is 8.38. The molecule has 0 radical (unpaired) electrons. The van der Waals surface area contributed by atoms with E-state index in [2.05, 4.69) is 27.5 Å². The van der Waals surface area contributed by atoms with Crippen LogP contribution in [-0.2, 0) is 4.79 Å². The zero-order chi connectivity index (χ0) is 18.5. The van der Waals surface area contributed by atoms with Crippen LogP contribution >= 0.6 is 23.1 Å². The molecular formula is C19H21N3O2S2. The Morgan fingerprint density at radius 2 is 2.00 bits per heavy atom. The lowest BCUT2D eigenvalue weighted by atomic mass is 10.1. The third kappa shape index (κ3) is 4.16. The van der Waals surface area contributed by atoms with Crippen molar-refractivity contribution in [2.24, 2.45) is 0 Å². The number of hydrogen-bond donors (Lipinski definition) is 0. The van der Waals surface area contributed by atoms with Gasteiger partial charge in [0, 0.05) is 37.2 Å². The number of aromatic nitrogens is 2. The fourth-order valence-electron chi connectivity index (χ4n) is 2.53. The first-order chi connectivity index (χ1) is 12.6. The Morgan fingerprint density at radius 1 is 1.23 bits per heavy atom. The van der Waals surface area contributed by atoms with Gasteiger partial charge in [-0.1, -0.05) is 12.1 Å². The highest BCUT2D eigenvalue weighted by atomic mass is 32.2. The van der Waals surface area contributed by atoms with Gasteiger partial charge < -0.3 is 9.64 Å². The van der Waals surface area contributed by atoms with E-state index in [-0.39, 0.29) is 5.91 Å². The molecule has 0 aliphatic carbocycles. The van der Waals surface area contributed by atoms with Gasteiger partial charge in [0.2, 0.25) is 5.91 Å². The molecule has 0 bridgehead atoms. The molecule has 0 spiro atoms. The fourth-order valence-corrected chi connectivity index (χ4v) is 4.45. The number of ether oxygens (including phenoxy) is 1. The van der Waals surface area contributed by atoms with Gasteiger partial charge in [-0.25, -0.2) is 9.97 Å². The van der Waals surface area contributed by atoms with Crippen LogP contribution in [0.15, 0.2) is 41.0 Å². The third-order valence-electron chi connectivity index (χ3n) is 3.87. The third-order valence-corrected chi connectivity index (χ3v) is 5.74. The molecule has 2 heterocycles. The van der Waals surface area contributed by atoms with Gasteiger partial charge >= 0.3 is 0 Å². The van der Waals surface area contributed by atoms with E-state index in [1.165, 1.54) is 0 Å². The summed E-state index contributed by atoms with van der Waals surface area (Å²) < 4.78 is 5.52. The normalized spacial score (nSPS) is 10.9. The summed E-state index contributed by atoms with van der Waals surface area (Å²) in [5.41, 5.74) is 2.23. The van der Waals surface area contributed by atoms with Crippen LogP contribution in [0.5, 0.6) is 5.75 Å².